The molecule has 1 N–H and O–H groups in total. The largest absolute Gasteiger partial charge is 0.354 e. The third-order valence-electron chi connectivity index (χ3n) is 5.23. The van der Waals surface area contributed by atoms with Gasteiger partial charge in [0.25, 0.3) is 11.3 Å². The van der Waals surface area contributed by atoms with Crippen molar-refractivity contribution in [2.45, 2.75) is 19.5 Å². The van der Waals surface area contributed by atoms with Gasteiger partial charge in [0.1, 0.15) is 29.8 Å². The van der Waals surface area contributed by atoms with E-state index in [-0.39, 0.29) is 29.2 Å². The first-order valence-electron chi connectivity index (χ1n) is 10.6. The predicted octanol–water partition coefficient (Wildman–Crippen LogP) is 2.83. The summed E-state index contributed by atoms with van der Waals surface area (Å²) < 4.78 is 19.6. The van der Waals surface area contributed by atoms with Crippen molar-refractivity contribution in [1.29, 1.82) is 0 Å². The second-order valence-electron chi connectivity index (χ2n) is 7.82. The number of hydrogen-bond donors (Lipinski definition) is 1. The highest BCUT2D eigenvalue weighted by Crippen LogP contribution is 2.24. The van der Waals surface area contributed by atoms with Crippen LogP contribution in [0.1, 0.15) is 12.0 Å². The molecule has 0 unspecified atom stereocenters. The lowest BCUT2D eigenvalue weighted by Crippen LogP contribution is -2.34. The van der Waals surface area contributed by atoms with Crippen molar-refractivity contribution in [1.82, 2.24) is 24.9 Å². The van der Waals surface area contributed by atoms with Crippen LogP contribution in [0.5, 0.6) is 0 Å². The van der Waals surface area contributed by atoms with E-state index < -0.39 is 11.4 Å². The summed E-state index contributed by atoms with van der Waals surface area (Å²) in [7, 11) is 2.03. The van der Waals surface area contributed by atoms with E-state index in [9.17, 15) is 14.0 Å². The van der Waals surface area contributed by atoms with E-state index in [0.717, 1.165) is 19.5 Å². The van der Waals surface area contributed by atoms with Crippen LogP contribution in [-0.4, -0.2) is 45.7 Å². The highest BCUT2D eigenvalue weighted by atomic mass is 19.1. The van der Waals surface area contributed by atoms with Crippen molar-refractivity contribution in [2.24, 2.45) is 0 Å². The van der Waals surface area contributed by atoms with Crippen LogP contribution in [0.4, 0.5) is 4.39 Å². The van der Waals surface area contributed by atoms with Crippen LogP contribution in [0.3, 0.4) is 0 Å². The molecule has 0 aliphatic rings. The predicted molar refractivity (Wildman–Crippen MR) is 122 cm³/mol. The van der Waals surface area contributed by atoms with Gasteiger partial charge >= 0.3 is 0 Å². The Labute approximate surface area is 189 Å². The summed E-state index contributed by atoms with van der Waals surface area (Å²) in [6.07, 6.45) is 2.04. The fourth-order valence-electron chi connectivity index (χ4n) is 3.56. The van der Waals surface area contributed by atoms with Crippen LogP contribution in [-0.2, 0) is 17.9 Å². The smallest absolute Gasteiger partial charge is 0.267 e. The molecule has 1 amide bonds. The van der Waals surface area contributed by atoms with Gasteiger partial charge in [0, 0.05) is 18.7 Å². The van der Waals surface area contributed by atoms with Gasteiger partial charge in [-0.2, -0.15) is 0 Å². The molecule has 2 aromatic carbocycles. The van der Waals surface area contributed by atoms with Gasteiger partial charge in [-0.1, -0.05) is 35.5 Å². The molecule has 0 saturated carbocycles. The molecular weight excluding hydrogens is 425 g/mol. The van der Waals surface area contributed by atoms with E-state index in [1.165, 1.54) is 40.7 Å². The normalized spacial score (nSPS) is 11.2. The Hall–Kier alpha value is -3.85. The second kappa shape index (κ2) is 10.2. The zero-order chi connectivity index (χ0) is 23.2. The van der Waals surface area contributed by atoms with Crippen LogP contribution in [0.15, 0.2) is 70.2 Å². The van der Waals surface area contributed by atoms with Crippen LogP contribution in [0.25, 0.3) is 22.4 Å². The molecular formula is C24H24FN5O3. The number of nitrogens with one attached hydrogen (secondary N) is 1. The lowest BCUT2D eigenvalue weighted by atomic mass is 10.1. The average molecular weight is 449 g/mol. The summed E-state index contributed by atoms with van der Waals surface area (Å²) in [6.45, 7) is 1.99. The maximum Gasteiger partial charge on any atom is 0.267 e. The van der Waals surface area contributed by atoms with Crippen molar-refractivity contribution >= 4 is 17.0 Å². The first-order valence-corrected chi connectivity index (χ1v) is 10.6. The molecule has 0 atom stereocenters. The molecule has 8 nitrogen and oxygen atoms in total. The van der Waals surface area contributed by atoms with Gasteiger partial charge in [0.15, 0.2) is 0 Å². The molecule has 4 rings (SSSR count). The van der Waals surface area contributed by atoms with Crippen molar-refractivity contribution in [2.75, 3.05) is 20.1 Å². The number of carbonyl (C=O) groups is 1. The highest BCUT2D eigenvalue weighted by molar-refractivity contribution is 5.88. The van der Waals surface area contributed by atoms with E-state index in [1.807, 2.05) is 25.2 Å². The minimum absolute atomic E-state index is 0.0671. The summed E-state index contributed by atoms with van der Waals surface area (Å²) in [5.41, 5.74) is 1.64. The standard InChI is InChI=1S/C24H24FN5O3/c1-29(14-17-6-3-2-4-7-17)13-5-12-26-20(31)15-30-16-27-23-21(24(30)32)22(28-33-23)18-8-10-19(25)11-9-18/h2-4,6-11,16H,5,12-15H2,1H3,(H,26,31). The third kappa shape index (κ3) is 5.50. The van der Waals surface area contributed by atoms with E-state index in [2.05, 4.69) is 32.5 Å². The third-order valence-corrected chi connectivity index (χ3v) is 5.23. The first kappa shape index (κ1) is 22.3. The number of rotatable bonds is 9. The molecule has 0 fully saturated rings. The number of halogens is 1. The quantitative estimate of drug-likeness (QED) is 0.395. The Morgan fingerprint density at radius 2 is 1.91 bits per heavy atom. The van der Waals surface area contributed by atoms with Gasteiger partial charge in [-0.25, -0.2) is 9.37 Å². The number of amides is 1. The molecule has 2 aromatic heterocycles. The van der Waals surface area contributed by atoms with Gasteiger partial charge in [0.05, 0.1) is 0 Å². The number of aromatic nitrogens is 3. The maximum absolute atomic E-state index is 13.2. The average Bonchev–Trinajstić information content (AvgIpc) is 3.25. The fraction of sp³-hybridized carbons (Fsp3) is 0.250. The molecule has 0 radical (unpaired) electrons. The van der Waals surface area contributed by atoms with Gasteiger partial charge in [-0.05, 0) is 49.8 Å². The Balaban J connectivity index is 1.34. The first-order chi connectivity index (χ1) is 16.0. The van der Waals surface area contributed by atoms with Crippen LogP contribution < -0.4 is 10.9 Å². The zero-order valence-electron chi connectivity index (χ0n) is 18.2. The van der Waals surface area contributed by atoms with Gasteiger partial charge in [-0.3, -0.25) is 14.2 Å². The molecule has 0 bridgehead atoms. The molecule has 0 aliphatic carbocycles. The van der Waals surface area contributed by atoms with E-state index in [0.29, 0.717) is 12.1 Å². The van der Waals surface area contributed by atoms with E-state index >= 15 is 0 Å². The number of hydrogen-bond acceptors (Lipinski definition) is 6. The number of carbonyl (C=O) groups excluding carboxylic acids is 1. The summed E-state index contributed by atoms with van der Waals surface area (Å²) in [6, 6.07) is 15.7. The highest BCUT2D eigenvalue weighted by Gasteiger charge is 2.18. The minimum atomic E-state index is -0.446. The minimum Gasteiger partial charge on any atom is -0.354 e. The summed E-state index contributed by atoms with van der Waals surface area (Å²) in [5, 5.41) is 6.90. The number of benzene rings is 2. The topological polar surface area (TPSA) is 93.3 Å². The summed E-state index contributed by atoms with van der Waals surface area (Å²) >= 11 is 0. The van der Waals surface area contributed by atoms with Crippen molar-refractivity contribution < 1.29 is 13.7 Å². The number of nitrogens with zero attached hydrogens (tertiary/aromatic N) is 4. The Morgan fingerprint density at radius 1 is 1.15 bits per heavy atom. The van der Waals surface area contributed by atoms with Crippen LogP contribution in [0.2, 0.25) is 0 Å². The SMILES string of the molecule is CN(CCCNC(=O)Cn1cnc2onc(-c3ccc(F)cc3)c2c1=O)Cc1ccccc1. The summed E-state index contributed by atoms with van der Waals surface area (Å²) in [4.78, 5) is 31.6. The monoisotopic (exact) mass is 449 g/mol. The Bertz CT molecular complexity index is 1290. The molecule has 33 heavy (non-hydrogen) atoms. The fourth-order valence-corrected chi connectivity index (χ4v) is 3.56. The van der Waals surface area contributed by atoms with Gasteiger partial charge in [0.2, 0.25) is 5.91 Å². The molecule has 0 aliphatic heterocycles. The van der Waals surface area contributed by atoms with Crippen molar-refractivity contribution in [3.8, 4) is 11.3 Å². The second-order valence-corrected chi connectivity index (χ2v) is 7.82. The van der Waals surface area contributed by atoms with Crippen molar-refractivity contribution in [3.05, 3.63) is 82.7 Å². The van der Waals surface area contributed by atoms with Crippen LogP contribution in [0, 0.1) is 5.82 Å². The Morgan fingerprint density at radius 3 is 2.67 bits per heavy atom. The maximum atomic E-state index is 13.2. The van der Waals surface area contributed by atoms with Gasteiger partial charge < -0.3 is 14.7 Å². The Kier molecular flexibility index (Phi) is 6.89. The number of fused-ring (bicyclic) bond motifs is 1. The molecule has 9 heteroatoms. The van der Waals surface area contributed by atoms with E-state index in [4.69, 9.17) is 4.52 Å². The lowest BCUT2D eigenvalue weighted by Gasteiger charge is -2.16. The van der Waals surface area contributed by atoms with Gasteiger partial charge in [-0.15, -0.1) is 0 Å². The molecule has 0 spiro atoms. The van der Waals surface area contributed by atoms with Crippen LogP contribution >= 0.6 is 0 Å². The lowest BCUT2D eigenvalue weighted by molar-refractivity contribution is -0.121. The van der Waals surface area contributed by atoms with Crippen molar-refractivity contribution in [3.63, 3.8) is 0 Å². The zero-order valence-corrected chi connectivity index (χ0v) is 18.2. The molecule has 2 heterocycles. The van der Waals surface area contributed by atoms with E-state index in [1.54, 1.807) is 0 Å². The molecule has 4 aromatic rings. The summed E-state index contributed by atoms with van der Waals surface area (Å²) in [5.74, 6) is -0.686. The molecule has 170 valence electrons. The molecule has 0 saturated heterocycles.